The summed E-state index contributed by atoms with van der Waals surface area (Å²) in [6, 6.07) is 27.9. The van der Waals surface area contributed by atoms with Gasteiger partial charge in [-0.2, -0.15) is 0 Å². The van der Waals surface area contributed by atoms with Crippen molar-refractivity contribution in [1.29, 1.82) is 0 Å². The fourth-order valence-corrected chi connectivity index (χ4v) is 9.33. The van der Waals surface area contributed by atoms with Crippen LogP contribution >= 0.6 is 0 Å². The molecule has 1 aliphatic carbocycles. The van der Waals surface area contributed by atoms with Crippen LogP contribution in [0.4, 0.5) is 17.1 Å². The first-order valence-electron chi connectivity index (χ1n) is 20.5. The molecule has 236 valence electrons. The maximum absolute atomic E-state index is 8.73. The maximum atomic E-state index is 8.73. The highest BCUT2D eigenvalue weighted by molar-refractivity contribution is 6.85. The summed E-state index contributed by atoms with van der Waals surface area (Å²) in [6.45, 7) is -4.17. The number of rotatable bonds is 3. The van der Waals surface area contributed by atoms with E-state index >= 15 is 0 Å². The molecule has 3 heterocycles. The Morgan fingerprint density at radius 1 is 0.688 bits per heavy atom. The third-order valence-corrected chi connectivity index (χ3v) is 12.0. The van der Waals surface area contributed by atoms with Gasteiger partial charge in [0, 0.05) is 28.8 Å². The van der Waals surface area contributed by atoms with E-state index in [0.717, 1.165) is 16.6 Å². The van der Waals surface area contributed by atoms with Gasteiger partial charge in [-0.3, -0.25) is 4.90 Å². The van der Waals surface area contributed by atoms with Crippen LogP contribution in [0.3, 0.4) is 0 Å². The van der Waals surface area contributed by atoms with Gasteiger partial charge in [0.1, 0.15) is 11.5 Å². The smallest absolute Gasteiger partial charge is 0.280 e. The van der Waals surface area contributed by atoms with E-state index in [9.17, 15) is 0 Å². The molecule has 0 saturated carbocycles. The van der Waals surface area contributed by atoms with E-state index in [-0.39, 0.29) is 51.2 Å². The number of benzene rings is 5. The number of para-hydroxylation sites is 4. The normalized spacial score (nSPS) is 22.9. The predicted octanol–water partition coefficient (Wildman–Crippen LogP) is 9.73. The summed E-state index contributed by atoms with van der Waals surface area (Å²) >= 11 is 0. The molecule has 5 aromatic carbocycles. The van der Waals surface area contributed by atoms with E-state index in [0.29, 0.717) is 28.7 Å². The zero-order chi connectivity index (χ0) is 40.2. The van der Waals surface area contributed by atoms with Crippen molar-refractivity contribution in [1.82, 2.24) is 0 Å². The maximum Gasteiger partial charge on any atom is 0.280 e. The number of anilines is 3. The Kier molecular flexibility index (Phi) is 4.59. The molecule has 0 fully saturated rings. The first-order valence-corrected chi connectivity index (χ1v) is 18.9. The van der Waals surface area contributed by atoms with E-state index < -0.39 is 28.9 Å². The van der Waals surface area contributed by atoms with Crippen molar-refractivity contribution in [2.45, 2.75) is 45.7 Å². The molecule has 2 atom stereocenters. The summed E-state index contributed by atoms with van der Waals surface area (Å²) in [5, 5.41) is 0.916. The molecule has 0 saturated heterocycles. The van der Waals surface area contributed by atoms with Crippen LogP contribution in [0, 0.1) is 20.6 Å². The van der Waals surface area contributed by atoms with Crippen molar-refractivity contribution < 1.29 is 21.5 Å². The van der Waals surface area contributed by atoms with E-state index in [1.165, 1.54) is 18.2 Å². The third kappa shape index (κ3) is 4.32. The summed E-state index contributed by atoms with van der Waals surface area (Å²) < 4.78 is 91.7. The Morgan fingerprint density at radius 2 is 1.40 bits per heavy atom. The molecule has 0 spiro atoms. The van der Waals surface area contributed by atoms with Gasteiger partial charge in [-0.25, -0.2) is 4.99 Å². The number of fused-ring (bicyclic) bond motifs is 7. The van der Waals surface area contributed by atoms with Gasteiger partial charge in [0.15, 0.2) is 5.75 Å². The molecule has 0 radical (unpaired) electrons. The molecule has 9 rings (SSSR count). The molecule has 0 bridgehead atoms. The van der Waals surface area contributed by atoms with Crippen LogP contribution in [-0.4, -0.2) is 26.4 Å². The minimum atomic E-state index is -2.78. The second kappa shape index (κ2) is 10.6. The molecule has 6 heteroatoms. The lowest BCUT2D eigenvalue weighted by Gasteiger charge is -2.25. The SMILES string of the molecule is [2H]C([2H])([2H])c1cc(N2C3=NC4C=CC=CC4N3c3ccccc32)ccc1-c1cc(C([2H])([2H])[2H])c(-c2cccc3c2Oc2ccccc2[Si](C)(C)O3)cc1C([2H])([2H])[2H]. The molecular weight excluding hydrogens is 607 g/mol. The van der Waals surface area contributed by atoms with Crippen LogP contribution in [0.5, 0.6) is 17.2 Å². The van der Waals surface area contributed by atoms with Crippen molar-refractivity contribution in [2.75, 3.05) is 9.80 Å². The van der Waals surface area contributed by atoms with Gasteiger partial charge < -0.3 is 14.1 Å². The monoisotopic (exact) mass is 652 g/mol. The number of ether oxygens (including phenoxy) is 1. The van der Waals surface area contributed by atoms with Crippen LogP contribution in [-0.2, 0) is 0 Å². The number of hydrogen-bond acceptors (Lipinski definition) is 5. The van der Waals surface area contributed by atoms with Gasteiger partial charge in [-0.05, 0) is 103 Å². The first-order chi connectivity index (χ1) is 26.9. The second-order valence-electron chi connectivity index (χ2n) is 12.9. The molecule has 2 unspecified atom stereocenters. The van der Waals surface area contributed by atoms with E-state index in [1.54, 1.807) is 30.3 Å². The lowest BCUT2D eigenvalue weighted by atomic mass is 9.89. The first kappa shape index (κ1) is 20.8. The topological polar surface area (TPSA) is 37.3 Å². The van der Waals surface area contributed by atoms with E-state index in [1.807, 2.05) is 84.8 Å². The average molecular weight is 653 g/mol. The van der Waals surface area contributed by atoms with Crippen LogP contribution < -0.4 is 24.1 Å². The Hall–Kier alpha value is -5.33. The van der Waals surface area contributed by atoms with Gasteiger partial charge in [-0.1, -0.05) is 85.0 Å². The number of nitrogens with zero attached hydrogens (tertiary/aromatic N) is 3. The number of hydrogen-bond donors (Lipinski definition) is 0. The molecule has 3 aliphatic heterocycles. The van der Waals surface area contributed by atoms with Gasteiger partial charge in [-0.15, -0.1) is 0 Å². The lowest BCUT2D eigenvalue weighted by Crippen LogP contribution is -2.47. The van der Waals surface area contributed by atoms with Gasteiger partial charge in [0.25, 0.3) is 8.32 Å². The van der Waals surface area contributed by atoms with Crippen molar-refractivity contribution >= 4 is 36.5 Å². The number of aryl methyl sites for hydroxylation is 3. The Balaban J connectivity index is 1.24. The van der Waals surface area contributed by atoms with Gasteiger partial charge in [0.2, 0.25) is 5.96 Å². The Bertz CT molecular complexity index is 2580. The number of allylic oxidation sites excluding steroid dienone is 2. The Morgan fingerprint density at radius 3 is 2.23 bits per heavy atom. The highest BCUT2D eigenvalue weighted by Crippen LogP contribution is 2.48. The second-order valence-corrected chi connectivity index (χ2v) is 16.7. The van der Waals surface area contributed by atoms with E-state index in [4.69, 9.17) is 26.5 Å². The largest absolute Gasteiger partial charge is 0.537 e. The fourth-order valence-electron chi connectivity index (χ4n) is 7.28. The van der Waals surface area contributed by atoms with Gasteiger partial charge >= 0.3 is 0 Å². The fraction of sp³-hybridized carbons (Fsp3) is 0.167. The summed E-state index contributed by atoms with van der Waals surface area (Å²) in [5.41, 5.74) is 2.30. The lowest BCUT2D eigenvalue weighted by molar-refractivity contribution is 0.464. The Labute approximate surface area is 295 Å². The van der Waals surface area contributed by atoms with Crippen LogP contribution in [0.25, 0.3) is 22.3 Å². The minimum Gasteiger partial charge on any atom is -0.537 e. The van der Waals surface area contributed by atoms with Crippen molar-refractivity contribution in [3.05, 3.63) is 138 Å². The molecule has 48 heavy (non-hydrogen) atoms. The number of aliphatic imine (C=N–C) groups is 1. The molecule has 0 aromatic heterocycles. The van der Waals surface area contributed by atoms with Crippen LogP contribution in [0.15, 0.2) is 126 Å². The summed E-state index contributed by atoms with van der Waals surface area (Å²) in [4.78, 5) is 9.09. The van der Waals surface area contributed by atoms with E-state index in [2.05, 4.69) is 11.0 Å². The quantitative estimate of drug-likeness (QED) is 0.182. The predicted molar refractivity (Wildman–Crippen MR) is 200 cm³/mol. The number of guanidine groups is 1. The zero-order valence-corrected chi connectivity index (χ0v) is 27.4. The van der Waals surface area contributed by atoms with Crippen LogP contribution in [0.1, 0.15) is 29.0 Å². The molecule has 0 N–H and O–H groups in total. The van der Waals surface area contributed by atoms with Gasteiger partial charge in [0.05, 0.1) is 23.5 Å². The summed E-state index contributed by atoms with van der Waals surface area (Å²) in [5.74, 6) is 1.90. The van der Waals surface area contributed by atoms with Crippen molar-refractivity contribution in [2.24, 2.45) is 4.99 Å². The highest BCUT2D eigenvalue weighted by atomic mass is 28.4. The van der Waals surface area contributed by atoms with Crippen molar-refractivity contribution in [3.8, 4) is 39.5 Å². The molecule has 5 nitrogen and oxygen atoms in total. The minimum absolute atomic E-state index is 0.0106. The zero-order valence-electron chi connectivity index (χ0n) is 35.4. The molecular formula is C42H37N3O2Si. The molecule has 0 amide bonds. The third-order valence-electron chi connectivity index (χ3n) is 9.53. The highest BCUT2D eigenvalue weighted by Gasteiger charge is 2.44. The molecule has 4 aliphatic rings. The van der Waals surface area contributed by atoms with Crippen molar-refractivity contribution in [3.63, 3.8) is 0 Å². The summed E-state index contributed by atoms with van der Waals surface area (Å²) in [6.07, 6.45) is 8.07. The average Bonchev–Trinajstić information content (AvgIpc) is 3.64. The molecule has 5 aromatic rings. The summed E-state index contributed by atoms with van der Waals surface area (Å²) in [7, 11) is -2.55. The van der Waals surface area contributed by atoms with Crippen LogP contribution in [0.2, 0.25) is 13.1 Å². The standard InChI is InChI=1S/C42H37N3O2Si/c1-26-23-29(44-36-16-8-9-17-37(36)45-35-15-7-6-14-34(35)43-42(44)45)21-22-30(26)32-24-28(3)33(25-27(32)2)31-13-12-19-39-41(31)46-38-18-10-11-20-40(38)48(4,5)47-39/h6-25,34-35H,1-5H3/i1D3,2D3,3D3.